The minimum atomic E-state index is -0.308. The van der Waals surface area contributed by atoms with E-state index in [1.54, 1.807) is 6.07 Å². The summed E-state index contributed by atoms with van der Waals surface area (Å²) in [6, 6.07) is 15.6. The first-order valence-corrected chi connectivity index (χ1v) is 12.5. The number of nitrogens with zero attached hydrogens (tertiary/aromatic N) is 3. The number of aryl methyl sites for hydroxylation is 2. The maximum atomic E-state index is 12.9. The molecular formula is C27H27N5O2S. The molecule has 2 aliphatic heterocycles. The summed E-state index contributed by atoms with van der Waals surface area (Å²) in [6.07, 6.45) is 7.06. The molecule has 0 saturated heterocycles. The van der Waals surface area contributed by atoms with Crippen LogP contribution in [-0.2, 0) is 0 Å². The lowest BCUT2D eigenvalue weighted by molar-refractivity contribution is 0.0918. The molecule has 35 heavy (non-hydrogen) atoms. The molecule has 2 atom stereocenters. The number of aliphatic imine (C=N–C) groups is 1. The van der Waals surface area contributed by atoms with Crippen LogP contribution in [0, 0.1) is 13.8 Å². The Morgan fingerprint density at radius 3 is 2.71 bits per heavy atom. The Labute approximate surface area is 209 Å². The zero-order valence-electron chi connectivity index (χ0n) is 19.7. The van der Waals surface area contributed by atoms with Crippen LogP contribution in [0.4, 0.5) is 5.95 Å². The fourth-order valence-electron chi connectivity index (χ4n) is 4.32. The van der Waals surface area contributed by atoms with Gasteiger partial charge in [0, 0.05) is 34.7 Å². The number of ether oxygens (including phenoxy) is 1. The number of carbonyl (C=O) groups is 1. The molecule has 2 aromatic carbocycles. The van der Waals surface area contributed by atoms with Crippen LogP contribution in [-0.4, -0.2) is 40.8 Å². The Morgan fingerprint density at radius 2 is 1.91 bits per heavy atom. The van der Waals surface area contributed by atoms with Gasteiger partial charge < -0.3 is 10.1 Å². The highest BCUT2D eigenvalue weighted by Gasteiger charge is 2.22. The molecule has 4 bridgehead atoms. The Bertz CT molecular complexity index is 1290. The SMILES string of the molecule is Cc1cccc(C)c1-c1cc2nc(n1)NSc1cccc(c1)C(=O)NCC(CC1CC=CC=N1)O2. The molecule has 0 saturated carbocycles. The van der Waals surface area contributed by atoms with Crippen LogP contribution in [0.3, 0.4) is 0 Å². The van der Waals surface area contributed by atoms with E-state index in [9.17, 15) is 4.79 Å². The minimum absolute atomic E-state index is 0.0917. The van der Waals surface area contributed by atoms with Crippen LogP contribution in [0.2, 0.25) is 0 Å². The number of anilines is 1. The van der Waals surface area contributed by atoms with Gasteiger partial charge in [0.15, 0.2) is 0 Å². The molecule has 3 aromatic rings. The molecular weight excluding hydrogens is 458 g/mol. The van der Waals surface area contributed by atoms with Crippen molar-refractivity contribution < 1.29 is 9.53 Å². The summed E-state index contributed by atoms with van der Waals surface area (Å²) in [5, 5.41) is 3.03. The van der Waals surface area contributed by atoms with Gasteiger partial charge in [0.1, 0.15) is 6.10 Å². The summed E-state index contributed by atoms with van der Waals surface area (Å²) >= 11 is 1.36. The number of nitrogens with one attached hydrogen (secondary N) is 2. The second-order valence-corrected chi connectivity index (χ2v) is 9.59. The molecule has 0 aliphatic carbocycles. The lowest BCUT2D eigenvalue weighted by Gasteiger charge is -2.23. The van der Waals surface area contributed by atoms with Gasteiger partial charge in [-0.2, -0.15) is 4.98 Å². The maximum absolute atomic E-state index is 12.9. The van der Waals surface area contributed by atoms with Gasteiger partial charge in [-0.15, -0.1) is 0 Å². The summed E-state index contributed by atoms with van der Waals surface area (Å²) in [7, 11) is 0. The third-order valence-electron chi connectivity index (χ3n) is 6.04. The molecule has 2 aliphatic rings. The van der Waals surface area contributed by atoms with Gasteiger partial charge in [0.05, 0.1) is 18.3 Å². The highest BCUT2D eigenvalue weighted by Crippen LogP contribution is 2.31. The maximum Gasteiger partial charge on any atom is 0.251 e. The predicted molar refractivity (Wildman–Crippen MR) is 140 cm³/mol. The van der Waals surface area contributed by atoms with Gasteiger partial charge >= 0.3 is 0 Å². The molecule has 0 fully saturated rings. The molecule has 2 unspecified atom stereocenters. The van der Waals surface area contributed by atoms with Gasteiger partial charge in [-0.1, -0.05) is 30.3 Å². The van der Waals surface area contributed by atoms with Crippen molar-refractivity contribution in [2.75, 3.05) is 11.3 Å². The molecule has 1 aromatic heterocycles. The summed E-state index contributed by atoms with van der Waals surface area (Å²) in [6.45, 7) is 4.50. The minimum Gasteiger partial charge on any atom is -0.472 e. The van der Waals surface area contributed by atoms with Crippen LogP contribution in [0.1, 0.15) is 34.3 Å². The van der Waals surface area contributed by atoms with Crippen molar-refractivity contribution in [2.24, 2.45) is 4.99 Å². The molecule has 5 rings (SSSR count). The number of rotatable bonds is 3. The van der Waals surface area contributed by atoms with Gasteiger partial charge in [-0.05, 0) is 67.6 Å². The van der Waals surface area contributed by atoms with Gasteiger partial charge in [0.2, 0.25) is 11.8 Å². The first kappa shape index (κ1) is 23.1. The Morgan fingerprint density at radius 1 is 1.09 bits per heavy atom. The second kappa shape index (κ2) is 10.3. The molecule has 7 nitrogen and oxygen atoms in total. The third kappa shape index (κ3) is 5.54. The van der Waals surface area contributed by atoms with Crippen LogP contribution >= 0.6 is 11.9 Å². The van der Waals surface area contributed by atoms with Gasteiger partial charge in [-0.3, -0.25) is 14.5 Å². The Balaban J connectivity index is 1.54. The number of dihydropyridines is 1. The molecule has 2 N–H and O–H groups in total. The van der Waals surface area contributed by atoms with E-state index in [1.807, 2.05) is 42.6 Å². The normalized spacial score (nSPS) is 19.4. The number of amides is 1. The van der Waals surface area contributed by atoms with Crippen LogP contribution < -0.4 is 14.8 Å². The van der Waals surface area contributed by atoms with E-state index in [0.717, 1.165) is 33.7 Å². The predicted octanol–water partition coefficient (Wildman–Crippen LogP) is 5.16. The number of hydrogen-bond donors (Lipinski definition) is 2. The Kier molecular flexibility index (Phi) is 6.81. The lowest BCUT2D eigenvalue weighted by Crippen LogP contribution is -2.37. The summed E-state index contributed by atoms with van der Waals surface area (Å²) in [5.41, 5.74) is 4.71. The lowest BCUT2D eigenvalue weighted by atomic mass is 10.00. The van der Waals surface area contributed by atoms with E-state index in [-0.39, 0.29) is 18.1 Å². The number of carbonyl (C=O) groups excluding carboxylic acids is 1. The highest BCUT2D eigenvalue weighted by molar-refractivity contribution is 8.00. The number of fused-ring (bicyclic) bond motifs is 4. The first-order valence-electron chi connectivity index (χ1n) is 11.7. The number of aromatic nitrogens is 2. The van der Waals surface area contributed by atoms with Crippen LogP contribution in [0.5, 0.6) is 5.88 Å². The summed E-state index contributed by atoms with van der Waals surface area (Å²) in [4.78, 5) is 27.8. The van der Waals surface area contributed by atoms with E-state index in [1.165, 1.54) is 11.9 Å². The van der Waals surface area contributed by atoms with Crippen molar-refractivity contribution in [1.82, 2.24) is 15.3 Å². The highest BCUT2D eigenvalue weighted by atomic mass is 32.2. The second-order valence-electron chi connectivity index (χ2n) is 8.72. The van der Waals surface area contributed by atoms with Crippen LogP contribution in [0.25, 0.3) is 11.3 Å². The average Bonchev–Trinajstić information content (AvgIpc) is 2.86. The zero-order valence-corrected chi connectivity index (χ0v) is 20.5. The van der Waals surface area contributed by atoms with Crippen LogP contribution in [0.15, 0.2) is 70.6 Å². The first-order chi connectivity index (χ1) is 17.0. The number of benzene rings is 2. The molecule has 8 heteroatoms. The van der Waals surface area contributed by atoms with Crippen molar-refractivity contribution >= 4 is 30.0 Å². The number of hydrogen-bond acceptors (Lipinski definition) is 7. The monoisotopic (exact) mass is 485 g/mol. The van der Waals surface area contributed by atoms with E-state index >= 15 is 0 Å². The smallest absolute Gasteiger partial charge is 0.251 e. The zero-order chi connectivity index (χ0) is 24.2. The molecule has 0 spiro atoms. The standard InChI is InChI=1S/C27H27N5O2S/c1-17-7-5-8-18(2)25(17)23-15-24-31-27(30-23)32-35-22-11-6-9-19(13-22)26(33)29-16-21(34-24)14-20-10-3-4-12-28-20/h3-9,11-13,15,20-21H,10,14,16H2,1-2H3,(H,29,33)(H,30,31,32). The average molecular weight is 486 g/mol. The van der Waals surface area contributed by atoms with Gasteiger partial charge in [-0.25, -0.2) is 4.98 Å². The van der Waals surface area contributed by atoms with Crippen molar-refractivity contribution in [3.05, 3.63) is 77.4 Å². The fourth-order valence-corrected chi connectivity index (χ4v) is 4.96. The summed E-state index contributed by atoms with van der Waals surface area (Å²) in [5.74, 6) is 0.772. The third-order valence-corrected chi connectivity index (χ3v) is 6.81. The molecule has 3 heterocycles. The Hall–Kier alpha value is -3.65. The quantitative estimate of drug-likeness (QED) is 0.498. The largest absolute Gasteiger partial charge is 0.472 e. The van der Waals surface area contributed by atoms with Crippen molar-refractivity contribution in [3.63, 3.8) is 0 Å². The van der Waals surface area contributed by atoms with E-state index in [2.05, 4.69) is 52.1 Å². The van der Waals surface area contributed by atoms with E-state index in [0.29, 0.717) is 30.4 Å². The van der Waals surface area contributed by atoms with E-state index < -0.39 is 0 Å². The topological polar surface area (TPSA) is 88.5 Å². The molecule has 1 amide bonds. The fraction of sp³-hybridized carbons (Fsp3) is 0.259. The van der Waals surface area contributed by atoms with E-state index in [4.69, 9.17) is 9.72 Å². The number of allylic oxidation sites excluding steroid dienone is 1. The molecule has 0 radical (unpaired) electrons. The van der Waals surface area contributed by atoms with Crippen molar-refractivity contribution in [2.45, 2.75) is 43.7 Å². The summed E-state index contributed by atoms with van der Waals surface area (Å²) < 4.78 is 9.65. The van der Waals surface area contributed by atoms with Gasteiger partial charge in [0.25, 0.3) is 5.91 Å². The molecule has 178 valence electrons. The van der Waals surface area contributed by atoms with Crippen molar-refractivity contribution in [1.29, 1.82) is 0 Å². The van der Waals surface area contributed by atoms with Crippen molar-refractivity contribution in [3.8, 4) is 17.1 Å².